The lowest BCUT2D eigenvalue weighted by Crippen LogP contribution is -2.26. The fourth-order valence-corrected chi connectivity index (χ4v) is 5.35. The molecule has 0 amide bonds. The Bertz CT molecular complexity index is 1020. The molecule has 0 heterocycles. The number of allylic oxidation sites excluding steroid dienone is 6. The van der Waals surface area contributed by atoms with E-state index in [1.807, 2.05) is 12.1 Å². The SMILES string of the molecule is CCCCCCC1CCC(c2ccc(C3=CC(N)=C4C(=O)C=CC(N)=C4C3=O)cc2)CC1. The Kier molecular flexibility index (Phi) is 6.78. The number of hydrogen-bond acceptors (Lipinski definition) is 4. The molecule has 1 saturated carbocycles. The van der Waals surface area contributed by atoms with E-state index in [0.717, 1.165) is 11.5 Å². The van der Waals surface area contributed by atoms with Crippen LogP contribution in [0.2, 0.25) is 0 Å². The van der Waals surface area contributed by atoms with Crippen molar-refractivity contribution < 1.29 is 9.59 Å². The highest BCUT2D eigenvalue weighted by molar-refractivity contribution is 6.36. The van der Waals surface area contributed by atoms with Crippen molar-refractivity contribution in [3.8, 4) is 0 Å². The maximum absolute atomic E-state index is 13.1. The van der Waals surface area contributed by atoms with Crippen molar-refractivity contribution in [1.29, 1.82) is 0 Å². The molecule has 0 aromatic heterocycles. The number of carbonyl (C=O) groups is 2. The van der Waals surface area contributed by atoms with Crippen LogP contribution in [0.25, 0.3) is 5.57 Å². The average molecular weight is 431 g/mol. The summed E-state index contributed by atoms with van der Waals surface area (Å²) >= 11 is 0. The van der Waals surface area contributed by atoms with E-state index in [9.17, 15) is 9.59 Å². The van der Waals surface area contributed by atoms with Gasteiger partial charge in [0.1, 0.15) is 0 Å². The third-order valence-corrected chi connectivity index (χ3v) is 7.27. The highest BCUT2D eigenvalue weighted by Gasteiger charge is 2.33. The number of nitrogens with two attached hydrogens (primary N) is 2. The number of ketones is 2. The van der Waals surface area contributed by atoms with Crippen molar-refractivity contribution in [2.45, 2.75) is 70.6 Å². The third kappa shape index (κ3) is 4.50. The Morgan fingerprint density at radius 2 is 1.56 bits per heavy atom. The van der Waals surface area contributed by atoms with E-state index in [1.165, 1.54) is 75.5 Å². The zero-order chi connectivity index (χ0) is 22.7. The van der Waals surface area contributed by atoms with Crippen LogP contribution in [0.1, 0.15) is 81.8 Å². The summed E-state index contributed by atoms with van der Waals surface area (Å²) in [6.07, 6.45) is 16.4. The topological polar surface area (TPSA) is 86.2 Å². The van der Waals surface area contributed by atoms with Gasteiger partial charge in [0.05, 0.1) is 11.1 Å². The van der Waals surface area contributed by atoms with E-state index in [1.54, 1.807) is 6.08 Å². The number of Topliss-reactive ketones (excluding diaryl/α,β-unsaturated/α-hetero) is 1. The molecule has 0 aliphatic heterocycles. The highest BCUT2D eigenvalue weighted by atomic mass is 16.1. The van der Waals surface area contributed by atoms with Crippen LogP contribution >= 0.6 is 0 Å². The molecule has 4 nitrogen and oxygen atoms in total. The summed E-state index contributed by atoms with van der Waals surface area (Å²) in [5.41, 5.74) is 15.9. The zero-order valence-corrected chi connectivity index (χ0v) is 19.0. The van der Waals surface area contributed by atoms with Gasteiger partial charge in [-0.1, -0.05) is 63.3 Å². The molecule has 32 heavy (non-hydrogen) atoms. The number of carbonyl (C=O) groups excluding carboxylic acids is 2. The normalized spacial score (nSPS) is 23.5. The van der Waals surface area contributed by atoms with Gasteiger partial charge in [0.25, 0.3) is 0 Å². The average Bonchev–Trinajstić information content (AvgIpc) is 2.81. The number of rotatable bonds is 7. The van der Waals surface area contributed by atoms with Gasteiger partial charge in [-0.3, -0.25) is 9.59 Å². The minimum atomic E-state index is -0.272. The van der Waals surface area contributed by atoms with Crippen LogP contribution in [0.15, 0.2) is 65.0 Å². The predicted molar refractivity (Wildman–Crippen MR) is 129 cm³/mol. The van der Waals surface area contributed by atoms with Gasteiger partial charge in [-0.25, -0.2) is 0 Å². The number of benzene rings is 1. The van der Waals surface area contributed by atoms with Crippen LogP contribution in [0, 0.1) is 5.92 Å². The summed E-state index contributed by atoms with van der Waals surface area (Å²) in [6.45, 7) is 2.26. The van der Waals surface area contributed by atoms with E-state index < -0.39 is 0 Å². The summed E-state index contributed by atoms with van der Waals surface area (Å²) in [6, 6.07) is 8.31. The lowest BCUT2D eigenvalue weighted by Gasteiger charge is -2.29. The van der Waals surface area contributed by atoms with E-state index >= 15 is 0 Å². The van der Waals surface area contributed by atoms with Crippen LogP contribution in [0.4, 0.5) is 0 Å². The molecule has 0 bridgehead atoms. The van der Waals surface area contributed by atoms with E-state index in [0.29, 0.717) is 22.9 Å². The second-order valence-corrected chi connectivity index (χ2v) is 9.43. The molecule has 0 spiro atoms. The van der Waals surface area contributed by atoms with Crippen molar-refractivity contribution in [3.63, 3.8) is 0 Å². The molecule has 0 saturated heterocycles. The second-order valence-electron chi connectivity index (χ2n) is 9.43. The van der Waals surface area contributed by atoms with Gasteiger partial charge in [-0.15, -0.1) is 0 Å². The van der Waals surface area contributed by atoms with Crippen molar-refractivity contribution in [3.05, 3.63) is 76.2 Å². The molecular weight excluding hydrogens is 396 g/mol. The Labute approximate surface area is 191 Å². The summed E-state index contributed by atoms with van der Waals surface area (Å²) in [7, 11) is 0. The highest BCUT2D eigenvalue weighted by Crippen LogP contribution is 2.39. The van der Waals surface area contributed by atoms with Gasteiger partial charge in [0.15, 0.2) is 11.6 Å². The van der Waals surface area contributed by atoms with E-state index in [2.05, 4.69) is 19.1 Å². The zero-order valence-electron chi connectivity index (χ0n) is 19.0. The van der Waals surface area contributed by atoms with Crippen molar-refractivity contribution in [1.82, 2.24) is 0 Å². The summed E-state index contributed by atoms with van der Waals surface area (Å²) < 4.78 is 0. The summed E-state index contributed by atoms with van der Waals surface area (Å²) in [5.74, 6) is 0.984. The molecular formula is C28H34N2O2. The van der Waals surface area contributed by atoms with Gasteiger partial charge in [0, 0.05) is 17.0 Å². The Morgan fingerprint density at radius 1 is 0.844 bits per heavy atom. The first-order chi connectivity index (χ1) is 15.5. The van der Waals surface area contributed by atoms with Gasteiger partial charge < -0.3 is 11.5 Å². The lowest BCUT2D eigenvalue weighted by molar-refractivity contribution is -0.113. The van der Waals surface area contributed by atoms with Crippen molar-refractivity contribution in [2.75, 3.05) is 0 Å². The fourth-order valence-electron chi connectivity index (χ4n) is 5.35. The molecule has 1 fully saturated rings. The molecule has 168 valence electrons. The molecule has 4 rings (SSSR count). The van der Waals surface area contributed by atoms with Crippen molar-refractivity contribution >= 4 is 17.1 Å². The fraction of sp³-hybridized carbons (Fsp3) is 0.429. The molecule has 0 unspecified atom stereocenters. The number of fused-ring (bicyclic) bond motifs is 1. The van der Waals surface area contributed by atoms with Crippen LogP contribution < -0.4 is 11.5 Å². The summed E-state index contributed by atoms with van der Waals surface area (Å²) in [5, 5.41) is 0. The molecule has 0 atom stereocenters. The maximum atomic E-state index is 13.1. The first kappa shape index (κ1) is 22.3. The Morgan fingerprint density at radius 3 is 2.25 bits per heavy atom. The predicted octanol–water partition coefficient (Wildman–Crippen LogP) is 5.46. The molecule has 4 N–H and O–H groups in total. The number of unbranched alkanes of at least 4 members (excludes halogenated alkanes) is 3. The largest absolute Gasteiger partial charge is 0.398 e. The minimum Gasteiger partial charge on any atom is -0.398 e. The van der Waals surface area contributed by atoms with Crippen LogP contribution in [0.3, 0.4) is 0 Å². The molecule has 4 heteroatoms. The molecule has 1 aromatic rings. The van der Waals surface area contributed by atoms with Gasteiger partial charge in [0.2, 0.25) is 0 Å². The molecule has 1 aromatic carbocycles. The summed E-state index contributed by atoms with van der Waals surface area (Å²) in [4.78, 5) is 25.3. The monoisotopic (exact) mass is 430 g/mol. The second kappa shape index (κ2) is 9.72. The number of hydrogen-bond donors (Lipinski definition) is 2. The van der Waals surface area contributed by atoms with Crippen molar-refractivity contribution in [2.24, 2.45) is 17.4 Å². The smallest absolute Gasteiger partial charge is 0.196 e. The minimum absolute atomic E-state index is 0.224. The van der Waals surface area contributed by atoms with E-state index in [4.69, 9.17) is 11.5 Å². The van der Waals surface area contributed by atoms with Crippen LogP contribution in [0.5, 0.6) is 0 Å². The quantitative estimate of drug-likeness (QED) is 0.562. The van der Waals surface area contributed by atoms with Gasteiger partial charge >= 0.3 is 0 Å². The van der Waals surface area contributed by atoms with E-state index in [-0.39, 0.29) is 22.7 Å². The molecule has 0 radical (unpaired) electrons. The van der Waals surface area contributed by atoms with Gasteiger partial charge in [-0.2, -0.15) is 0 Å². The molecule has 3 aliphatic rings. The first-order valence-corrected chi connectivity index (χ1v) is 12.1. The Balaban J connectivity index is 1.44. The lowest BCUT2D eigenvalue weighted by atomic mass is 9.76. The van der Waals surface area contributed by atoms with Crippen LogP contribution in [-0.2, 0) is 9.59 Å². The first-order valence-electron chi connectivity index (χ1n) is 12.1. The van der Waals surface area contributed by atoms with Gasteiger partial charge in [-0.05, 0) is 66.9 Å². The third-order valence-electron chi connectivity index (χ3n) is 7.27. The Hall–Kier alpha value is -2.88. The van der Waals surface area contributed by atoms with Crippen LogP contribution in [-0.4, -0.2) is 11.6 Å². The molecule has 3 aliphatic carbocycles. The maximum Gasteiger partial charge on any atom is 0.196 e. The standard InChI is InChI=1S/C28H34N2O2/c1-2-3-4-5-6-18-7-9-19(10-8-18)20-11-13-21(14-12-20)22-17-24(30)26-25(31)16-15-23(29)27(26)28(22)32/h11-19H,2-10,29-30H2,1H3.